The summed E-state index contributed by atoms with van der Waals surface area (Å²) >= 11 is 0. The van der Waals surface area contributed by atoms with Gasteiger partial charge < -0.3 is 0 Å². The molecule has 1 N–H and O–H groups in total. The van der Waals surface area contributed by atoms with Gasteiger partial charge in [-0.1, -0.05) is 26.2 Å². The lowest BCUT2D eigenvalue weighted by molar-refractivity contribution is 0.225. The van der Waals surface area contributed by atoms with Crippen molar-refractivity contribution >= 4 is 0 Å². The molecule has 0 aromatic carbocycles. The van der Waals surface area contributed by atoms with Crippen molar-refractivity contribution in [1.82, 2.24) is 9.55 Å². The highest BCUT2D eigenvalue weighted by Gasteiger charge is 2.22. The summed E-state index contributed by atoms with van der Waals surface area (Å²) in [5.74, 6) is 1.04. The van der Waals surface area contributed by atoms with Crippen LogP contribution in [0.1, 0.15) is 38.2 Å². The highest BCUT2D eigenvalue weighted by atomic mass is 16.2. The molecule has 2 rings (SSSR count). The van der Waals surface area contributed by atoms with Crippen molar-refractivity contribution in [2.24, 2.45) is 11.8 Å². The Morgan fingerprint density at radius 3 is 2.83 bits per heavy atom. The van der Waals surface area contributed by atoms with Crippen molar-refractivity contribution in [2.45, 2.75) is 39.2 Å². The first-order chi connectivity index (χ1) is 8.61. The van der Waals surface area contributed by atoms with E-state index in [1.165, 1.54) is 30.0 Å². The molecular formula is C13H17N3O2. The summed E-state index contributed by atoms with van der Waals surface area (Å²) in [4.78, 5) is 25.2. The number of hydrogen-bond acceptors (Lipinski definition) is 3. The predicted octanol–water partition coefficient (Wildman–Crippen LogP) is 1.23. The molecule has 0 radical (unpaired) electrons. The second-order valence-corrected chi connectivity index (χ2v) is 5.09. The maximum absolute atomic E-state index is 11.7. The molecule has 1 aliphatic rings. The Morgan fingerprint density at radius 2 is 2.17 bits per heavy atom. The third kappa shape index (κ3) is 2.53. The molecule has 0 spiro atoms. The van der Waals surface area contributed by atoms with Crippen LogP contribution in [0.25, 0.3) is 0 Å². The normalized spacial score (nSPS) is 23.6. The molecule has 1 aromatic rings. The Hall–Kier alpha value is -1.83. The average Bonchev–Trinajstić information content (AvgIpc) is 2.35. The van der Waals surface area contributed by atoms with E-state index in [1.54, 1.807) is 0 Å². The highest BCUT2D eigenvalue weighted by molar-refractivity contribution is 5.21. The number of aromatic amines is 1. The van der Waals surface area contributed by atoms with Gasteiger partial charge in [0, 0.05) is 12.7 Å². The first kappa shape index (κ1) is 12.6. The van der Waals surface area contributed by atoms with Gasteiger partial charge >= 0.3 is 5.69 Å². The summed E-state index contributed by atoms with van der Waals surface area (Å²) in [6.07, 6.45) is 6.12. The van der Waals surface area contributed by atoms with Gasteiger partial charge in [0.25, 0.3) is 5.56 Å². The fourth-order valence-electron chi connectivity index (χ4n) is 2.64. The van der Waals surface area contributed by atoms with E-state index in [-0.39, 0.29) is 5.56 Å². The molecule has 18 heavy (non-hydrogen) atoms. The van der Waals surface area contributed by atoms with E-state index in [2.05, 4.69) is 11.9 Å². The van der Waals surface area contributed by atoms with Gasteiger partial charge in [-0.15, -0.1) is 0 Å². The number of rotatable bonds is 2. The van der Waals surface area contributed by atoms with E-state index < -0.39 is 11.2 Å². The molecule has 0 aliphatic heterocycles. The van der Waals surface area contributed by atoms with Crippen molar-refractivity contribution in [3.05, 3.63) is 32.6 Å². The summed E-state index contributed by atoms with van der Waals surface area (Å²) in [6.45, 7) is 2.79. The van der Waals surface area contributed by atoms with Gasteiger partial charge in [-0.05, 0) is 18.3 Å². The van der Waals surface area contributed by atoms with E-state index in [1.807, 2.05) is 6.07 Å². The van der Waals surface area contributed by atoms with Gasteiger partial charge in [0.2, 0.25) is 0 Å². The lowest BCUT2D eigenvalue weighted by atomic mass is 9.80. The smallest absolute Gasteiger partial charge is 0.299 e. The van der Waals surface area contributed by atoms with Crippen molar-refractivity contribution in [3.63, 3.8) is 0 Å². The average molecular weight is 247 g/mol. The molecule has 0 bridgehead atoms. The molecule has 1 aromatic heterocycles. The first-order valence-electron chi connectivity index (χ1n) is 6.35. The summed E-state index contributed by atoms with van der Waals surface area (Å²) in [5, 5.41) is 8.81. The van der Waals surface area contributed by atoms with E-state index in [0.29, 0.717) is 18.4 Å². The molecule has 2 atom stereocenters. The summed E-state index contributed by atoms with van der Waals surface area (Å²) < 4.78 is 1.46. The number of aromatic nitrogens is 2. The monoisotopic (exact) mass is 247 g/mol. The molecule has 0 saturated heterocycles. The minimum Gasteiger partial charge on any atom is -0.299 e. The van der Waals surface area contributed by atoms with E-state index in [0.717, 1.165) is 6.42 Å². The van der Waals surface area contributed by atoms with Crippen LogP contribution in [0.4, 0.5) is 0 Å². The van der Waals surface area contributed by atoms with Crippen LogP contribution in [0.3, 0.4) is 0 Å². The van der Waals surface area contributed by atoms with E-state index >= 15 is 0 Å². The van der Waals surface area contributed by atoms with E-state index in [4.69, 9.17) is 5.26 Å². The molecule has 1 heterocycles. The van der Waals surface area contributed by atoms with Crippen LogP contribution >= 0.6 is 0 Å². The first-order valence-corrected chi connectivity index (χ1v) is 6.35. The Balaban J connectivity index is 2.26. The minimum absolute atomic E-state index is 0.00179. The van der Waals surface area contributed by atoms with Gasteiger partial charge in [0.15, 0.2) is 0 Å². The fourth-order valence-corrected chi connectivity index (χ4v) is 2.64. The van der Waals surface area contributed by atoms with Crippen LogP contribution in [-0.2, 0) is 6.54 Å². The van der Waals surface area contributed by atoms with Crippen LogP contribution < -0.4 is 11.2 Å². The second-order valence-electron chi connectivity index (χ2n) is 5.09. The van der Waals surface area contributed by atoms with Crippen molar-refractivity contribution in [2.75, 3.05) is 0 Å². The lowest BCUT2D eigenvalue weighted by Gasteiger charge is -2.29. The molecule has 1 saturated carbocycles. The molecule has 2 unspecified atom stereocenters. The maximum Gasteiger partial charge on any atom is 0.328 e. The summed E-state index contributed by atoms with van der Waals surface area (Å²) in [7, 11) is 0. The Labute approximate surface area is 105 Å². The number of hydrogen-bond donors (Lipinski definition) is 1. The number of H-pyrrole nitrogens is 1. The SMILES string of the molecule is CC1CCCCC1Cn1cc(C#N)c(=O)[nH]c1=O. The van der Waals surface area contributed by atoms with Crippen molar-refractivity contribution in [3.8, 4) is 6.07 Å². The Kier molecular flexibility index (Phi) is 3.66. The standard InChI is InChI=1S/C13H17N3O2/c1-9-4-2-3-5-10(9)7-16-8-11(6-14)12(17)15-13(16)18/h8-10H,2-5,7H2,1H3,(H,15,17,18). The van der Waals surface area contributed by atoms with Gasteiger partial charge in [0.05, 0.1) is 0 Å². The summed E-state index contributed by atoms with van der Waals surface area (Å²) in [5.41, 5.74) is -1.02. The van der Waals surface area contributed by atoms with Crippen LogP contribution in [-0.4, -0.2) is 9.55 Å². The van der Waals surface area contributed by atoms with Crippen molar-refractivity contribution < 1.29 is 0 Å². The third-order valence-electron chi connectivity index (χ3n) is 3.85. The minimum atomic E-state index is -0.601. The van der Waals surface area contributed by atoms with E-state index in [9.17, 15) is 9.59 Å². The van der Waals surface area contributed by atoms with Crippen molar-refractivity contribution in [1.29, 1.82) is 5.26 Å². The maximum atomic E-state index is 11.7. The largest absolute Gasteiger partial charge is 0.328 e. The van der Waals surface area contributed by atoms with Crippen LogP contribution in [0, 0.1) is 23.2 Å². The Morgan fingerprint density at radius 1 is 1.44 bits per heavy atom. The van der Waals surface area contributed by atoms with Gasteiger partial charge in [-0.25, -0.2) is 4.79 Å². The Bertz CT molecular complexity index is 579. The molecule has 1 aliphatic carbocycles. The second kappa shape index (κ2) is 5.21. The zero-order chi connectivity index (χ0) is 13.1. The van der Waals surface area contributed by atoms with Gasteiger partial charge in [0.1, 0.15) is 11.6 Å². The van der Waals surface area contributed by atoms with Crippen LogP contribution in [0.5, 0.6) is 0 Å². The summed E-state index contributed by atoms with van der Waals surface area (Å²) in [6, 6.07) is 1.81. The molecular weight excluding hydrogens is 230 g/mol. The number of nitrogens with one attached hydrogen (secondary N) is 1. The van der Waals surface area contributed by atoms with Gasteiger partial charge in [-0.2, -0.15) is 5.26 Å². The number of nitriles is 1. The lowest BCUT2D eigenvalue weighted by Crippen LogP contribution is -2.34. The van der Waals surface area contributed by atoms with Gasteiger partial charge in [-0.3, -0.25) is 14.3 Å². The molecule has 0 amide bonds. The third-order valence-corrected chi connectivity index (χ3v) is 3.85. The van der Waals surface area contributed by atoms with Crippen LogP contribution in [0.15, 0.2) is 15.8 Å². The highest BCUT2D eigenvalue weighted by Crippen LogP contribution is 2.30. The van der Waals surface area contributed by atoms with Crippen LogP contribution in [0.2, 0.25) is 0 Å². The predicted molar refractivity (Wildman–Crippen MR) is 67.2 cm³/mol. The fraction of sp³-hybridized carbons (Fsp3) is 0.615. The molecule has 5 nitrogen and oxygen atoms in total. The number of nitrogens with zero attached hydrogens (tertiary/aromatic N) is 2. The zero-order valence-corrected chi connectivity index (χ0v) is 10.5. The molecule has 1 fully saturated rings. The zero-order valence-electron chi connectivity index (χ0n) is 10.5. The topological polar surface area (TPSA) is 78.7 Å². The molecule has 96 valence electrons. The quantitative estimate of drug-likeness (QED) is 0.853. The molecule has 5 heteroatoms.